The second-order valence-corrected chi connectivity index (χ2v) is 6.36. The van der Waals surface area contributed by atoms with Crippen LogP contribution in [0.2, 0.25) is 0 Å². The van der Waals surface area contributed by atoms with Gasteiger partial charge in [0.15, 0.2) is 10.2 Å². The molecule has 0 aliphatic carbocycles. The molecule has 130 valence electrons. The fraction of sp³-hybridized carbons (Fsp3) is 0.615. The van der Waals surface area contributed by atoms with Gasteiger partial charge in [-0.15, -0.1) is 0 Å². The number of thiocarbonyl (C=S) groups is 2. The van der Waals surface area contributed by atoms with Gasteiger partial charge in [-0.05, 0) is 42.0 Å². The topological polar surface area (TPSA) is 85.1 Å². The summed E-state index contributed by atoms with van der Waals surface area (Å²) in [4.78, 5) is 1.23. The van der Waals surface area contributed by atoms with Gasteiger partial charge < -0.3 is 31.9 Å². The largest absolute Gasteiger partial charge is 0.366 e. The number of hydrogen-bond acceptors (Lipinski definition) is 6. The Morgan fingerprint density at radius 2 is 1.52 bits per heavy atom. The van der Waals surface area contributed by atoms with E-state index in [-0.39, 0.29) is 0 Å². The number of nitrogens with one attached hydrogen (secondary N) is 6. The van der Waals surface area contributed by atoms with E-state index in [1.54, 1.807) is 14.1 Å². The Hall–Kier alpha value is -1.07. The average molecular weight is 376 g/mol. The Bertz CT molecular complexity index is 437. The molecule has 0 saturated heterocycles. The minimum Gasteiger partial charge on any atom is -0.366 e. The van der Waals surface area contributed by atoms with Crippen LogP contribution in [0.4, 0.5) is 0 Å². The Kier molecular flexibility index (Phi) is 10.7. The van der Waals surface area contributed by atoms with E-state index in [0.29, 0.717) is 10.2 Å². The molecular weight excluding hydrogens is 350 g/mol. The molecule has 1 rings (SSSR count). The van der Waals surface area contributed by atoms with Crippen LogP contribution in [-0.4, -0.2) is 54.9 Å². The zero-order valence-electron chi connectivity index (χ0n) is 13.5. The molecule has 23 heavy (non-hydrogen) atoms. The first-order valence-corrected chi connectivity index (χ1v) is 9.01. The lowest BCUT2D eigenvalue weighted by Crippen LogP contribution is -2.37. The predicted molar refractivity (Wildman–Crippen MR) is 105 cm³/mol. The third-order valence-corrected chi connectivity index (χ3v) is 4.36. The number of hydrogen-bond donors (Lipinski definition) is 6. The summed E-state index contributed by atoms with van der Waals surface area (Å²) in [5.74, 6) is 0. The van der Waals surface area contributed by atoms with Crippen LogP contribution in [-0.2, 0) is 13.1 Å². The van der Waals surface area contributed by atoms with E-state index < -0.39 is 0 Å². The number of nitrogens with zero attached hydrogens (tertiary/aromatic N) is 1. The van der Waals surface area contributed by atoms with Crippen LogP contribution < -0.4 is 31.9 Å². The highest BCUT2D eigenvalue weighted by Crippen LogP contribution is 2.09. The summed E-state index contributed by atoms with van der Waals surface area (Å²) in [5, 5.41) is 20.0. The van der Waals surface area contributed by atoms with Crippen molar-refractivity contribution in [2.45, 2.75) is 13.1 Å². The van der Waals surface area contributed by atoms with E-state index in [1.165, 1.54) is 16.4 Å². The zero-order chi connectivity index (χ0) is 16.9. The maximum absolute atomic E-state index is 5.00. The molecule has 6 N–H and O–H groups in total. The van der Waals surface area contributed by atoms with Gasteiger partial charge in [0.2, 0.25) is 0 Å². The van der Waals surface area contributed by atoms with Crippen molar-refractivity contribution >= 4 is 46.2 Å². The summed E-state index contributed by atoms with van der Waals surface area (Å²) in [6, 6.07) is 2.13. The van der Waals surface area contributed by atoms with Crippen molar-refractivity contribution in [1.82, 2.24) is 36.3 Å². The molecule has 0 amide bonds. The van der Waals surface area contributed by atoms with Crippen molar-refractivity contribution in [2.24, 2.45) is 0 Å². The Labute approximate surface area is 152 Å². The second-order valence-electron chi connectivity index (χ2n) is 4.65. The third-order valence-electron chi connectivity index (χ3n) is 2.84. The van der Waals surface area contributed by atoms with Crippen LogP contribution in [0, 0.1) is 0 Å². The van der Waals surface area contributed by atoms with Gasteiger partial charge in [0.25, 0.3) is 0 Å². The zero-order valence-corrected chi connectivity index (χ0v) is 15.9. The van der Waals surface area contributed by atoms with Crippen LogP contribution in [0.25, 0.3) is 0 Å². The lowest BCUT2D eigenvalue weighted by atomic mass is 10.3. The minimum atomic E-state index is 0.666. The van der Waals surface area contributed by atoms with Gasteiger partial charge in [0.1, 0.15) is 0 Å². The Morgan fingerprint density at radius 1 is 0.957 bits per heavy atom. The molecule has 0 fully saturated rings. The molecule has 0 spiro atoms. The van der Waals surface area contributed by atoms with Crippen LogP contribution in [0.1, 0.15) is 10.6 Å². The van der Waals surface area contributed by atoms with Crippen molar-refractivity contribution in [1.29, 1.82) is 0 Å². The maximum atomic E-state index is 5.00. The molecule has 0 saturated carbocycles. The van der Waals surface area contributed by atoms with E-state index in [0.717, 1.165) is 45.0 Å². The van der Waals surface area contributed by atoms with Crippen molar-refractivity contribution in [3.05, 3.63) is 16.6 Å². The summed E-state index contributed by atoms with van der Waals surface area (Å²) in [7, 11) is 3.61. The molecule has 1 aromatic heterocycles. The van der Waals surface area contributed by atoms with Gasteiger partial charge in [-0.25, -0.2) is 0 Å². The fourth-order valence-corrected chi connectivity index (χ4v) is 2.57. The molecule has 0 aliphatic rings. The van der Waals surface area contributed by atoms with Gasteiger partial charge in [-0.1, -0.05) is 0 Å². The lowest BCUT2D eigenvalue weighted by Gasteiger charge is -2.07. The van der Waals surface area contributed by atoms with Crippen LogP contribution in [0.5, 0.6) is 0 Å². The molecule has 1 heterocycles. The van der Waals surface area contributed by atoms with Crippen LogP contribution >= 0.6 is 36.0 Å². The Morgan fingerprint density at radius 3 is 2.09 bits per heavy atom. The van der Waals surface area contributed by atoms with Crippen molar-refractivity contribution in [3.8, 4) is 0 Å². The molecule has 0 aliphatic heterocycles. The molecule has 10 heteroatoms. The normalized spacial score (nSPS) is 10.2. The molecule has 0 bridgehead atoms. The van der Waals surface area contributed by atoms with Crippen molar-refractivity contribution < 1.29 is 0 Å². The van der Waals surface area contributed by atoms with Gasteiger partial charge in [-0.2, -0.15) is 4.37 Å². The number of rotatable bonds is 10. The highest BCUT2D eigenvalue weighted by molar-refractivity contribution is 7.80. The molecule has 0 atom stereocenters. The quantitative estimate of drug-likeness (QED) is 0.240. The van der Waals surface area contributed by atoms with E-state index >= 15 is 0 Å². The van der Waals surface area contributed by atoms with Crippen LogP contribution in [0.15, 0.2) is 6.07 Å². The van der Waals surface area contributed by atoms with Crippen molar-refractivity contribution in [3.63, 3.8) is 0 Å². The SMILES string of the molecule is CNC(=S)NCCNCc1cc(CNCCNC(=S)NC)sn1. The molecule has 0 radical (unpaired) electrons. The first kappa shape index (κ1) is 20.0. The Balaban J connectivity index is 2.07. The van der Waals surface area contributed by atoms with Crippen LogP contribution in [0.3, 0.4) is 0 Å². The minimum absolute atomic E-state index is 0.666. The van der Waals surface area contributed by atoms with Crippen molar-refractivity contribution in [2.75, 3.05) is 40.3 Å². The first-order valence-electron chi connectivity index (χ1n) is 7.42. The van der Waals surface area contributed by atoms with Gasteiger partial charge in [-0.3, -0.25) is 0 Å². The van der Waals surface area contributed by atoms with Gasteiger partial charge in [0.05, 0.1) is 5.69 Å². The van der Waals surface area contributed by atoms with Gasteiger partial charge >= 0.3 is 0 Å². The summed E-state index contributed by atoms with van der Waals surface area (Å²) in [6.07, 6.45) is 0. The van der Waals surface area contributed by atoms with E-state index in [2.05, 4.69) is 42.3 Å². The maximum Gasteiger partial charge on any atom is 0.166 e. The van der Waals surface area contributed by atoms with Gasteiger partial charge in [0, 0.05) is 58.2 Å². The lowest BCUT2D eigenvalue weighted by molar-refractivity contribution is 0.661. The smallest absolute Gasteiger partial charge is 0.166 e. The molecule has 7 nitrogen and oxygen atoms in total. The third kappa shape index (κ3) is 9.61. The average Bonchev–Trinajstić information content (AvgIpc) is 3.01. The predicted octanol–water partition coefficient (Wildman–Crippen LogP) is -0.490. The standard InChI is InChI=1S/C13H25N7S3/c1-14-12(21)18-5-3-16-8-10-7-11(23-20-10)9-17-4-6-19-13(22)15-2/h7,16-17H,3-6,8-9H2,1-2H3,(H2,14,18,21)(H2,15,19,22). The molecule has 0 unspecified atom stereocenters. The molecule has 0 aromatic carbocycles. The summed E-state index contributed by atoms with van der Waals surface area (Å²) >= 11 is 11.5. The highest BCUT2D eigenvalue weighted by atomic mass is 32.1. The van der Waals surface area contributed by atoms with E-state index in [1.807, 2.05) is 0 Å². The van der Waals surface area contributed by atoms with E-state index in [9.17, 15) is 0 Å². The highest BCUT2D eigenvalue weighted by Gasteiger charge is 2.01. The molecule has 1 aromatic rings. The first-order chi connectivity index (χ1) is 11.2. The fourth-order valence-electron chi connectivity index (χ4n) is 1.66. The second kappa shape index (κ2) is 12.4. The molecular formula is C13H25N7S3. The van der Waals surface area contributed by atoms with E-state index in [4.69, 9.17) is 24.4 Å². The summed E-state index contributed by atoms with van der Waals surface area (Å²) in [5.41, 5.74) is 1.07. The number of aromatic nitrogens is 1. The summed E-state index contributed by atoms with van der Waals surface area (Å²) < 4.78 is 4.44. The summed E-state index contributed by atoms with van der Waals surface area (Å²) in [6.45, 7) is 4.87. The monoisotopic (exact) mass is 375 g/mol.